The van der Waals surface area contributed by atoms with Crippen molar-refractivity contribution < 1.29 is 4.79 Å². The Bertz CT molecular complexity index is 839. The number of primary amides is 1. The number of hydrogen-bond acceptors (Lipinski definition) is 3. The van der Waals surface area contributed by atoms with Crippen LogP contribution in [0.2, 0.25) is 0 Å². The van der Waals surface area contributed by atoms with Crippen LogP contribution in [0.1, 0.15) is 57.2 Å². The zero-order valence-corrected chi connectivity index (χ0v) is 14.1. The highest BCUT2D eigenvalue weighted by molar-refractivity contribution is 5.92. The van der Waals surface area contributed by atoms with Crippen molar-refractivity contribution in [1.29, 1.82) is 0 Å². The number of nitrogens with one attached hydrogen (secondary N) is 2. The van der Waals surface area contributed by atoms with Gasteiger partial charge in [-0.3, -0.25) is 9.59 Å². The highest BCUT2D eigenvalue weighted by atomic mass is 16.2. The van der Waals surface area contributed by atoms with Crippen LogP contribution >= 0.6 is 0 Å². The van der Waals surface area contributed by atoms with Crippen LogP contribution < -0.4 is 16.6 Å². The van der Waals surface area contributed by atoms with Gasteiger partial charge in [-0.2, -0.15) is 0 Å². The van der Waals surface area contributed by atoms with Crippen LogP contribution in [0.3, 0.4) is 0 Å². The van der Waals surface area contributed by atoms with E-state index in [1.54, 1.807) is 6.07 Å². The smallest absolute Gasteiger partial charge is 0.261 e. The van der Waals surface area contributed by atoms with Gasteiger partial charge >= 0.3 is 0 Å². The van der Waals surface area contributed by atoms with Crippen LogP contribution in [0.25, 0.3) is 0 Å². The molecule has 126 valence electrons. The van der Waals surface area contributed by atoms with E-state index in [4.69, 9.17) is 5.73 Å². The zero-order valence-electron chi connectivity index (χ0n) is 14.1. The van der Waals surface area contributed by atoms with E-state index in [9.17, 15) is 9.59 Å². The van der Waals surface area contributed by atoms with Gasteiger partial charge in [0.1, 0.15) is 5.56 Å². The molecule has 2 aromatic rings. The molecule has 5 nitrogen and oxygen atoms in total. The molecule has 0 aliphatic heterocycles. The number of fused-ring (bicyclic) bond motifs is 1. The van der Waals surface area contributed by atoms with E-state index >= 15 is 0 Å². The molecule has 1 aliphatic rings. The number of nitrogens with two attached hydrogens (primary N) is 1. The average Bonchev–Trinajstić information content (AvgIpc) is 2.53. The van der Waals surface area contributed by atoms with Crippen molar-refractivity contribution in [3.05, 3.63) is 68.1 Å². The second-order valence-electron chi connectivity index (χ2n) is 6.57. The van der Waals surface area contributed by atoms with Crippen molar-refractivity contribution >= 4 is 5.91 Å². The monoisotopic (exact) mass is 325 g/mol. The second-order valence-corrected chi connectivity index (χ2v) is 6.57. The number of benzene rings is 1. The van der Waals surface area contributed by atoms with Gasteiger partial charge in [0, 0.05) is 18.3 Å². The second kappa shape index (κ2) is 6.61. The fraction of sp³-hybridized carbons (Fsp3) is 0.368. The van der Waals surface area contributed by atoms with Gasteiger partial charge in [-0.05, 0) is 55.9 Å². The van der Waals surface area contributed by atoms with Gasteiger partial charge in [-0.15, -0.1) is 0 Å². The number of rotatable bonds is 4. The van der Waals surface area contributed by atoms with Crippen molar-refractivity contribution in [2.75, 3.05) is 0 Å². The molecule has 1 amide bonds. The van der Waals surface area contributed by atoms with Crippen LogP contribution in [0.5, 0.6) is 0 Å². The first-order valence-electron chi connectivity index (χ1n) is 8.31. The first kappa shape index (κ1) is 16.5. The molecule has 0 radical (unpaired) electrons. The zero-order chi connectivity index (χ0) is 17.3. The summed E-state index contributed by atoms with van der Waals surface area (Å²) in [6.45, 7) is 4.95. The van der Waals surface area contributed by atoms with E-state index in [1.165, 1.54) is 16.7 Å². The highest BCUT2D eigenvalue weighted by Crippen LogP contribution is 2.28. The van der Waals surface area contributed by atoms with Crippen molar-refractivity contribution in [1.82, 2.24) is 10.3 Å². The predicted molar refractivity (Wildman–Crippen MR) is 94.0 cm³/mol. The molecule has 1 aliphatic carbocycles. The van der Waals surface area contributed by atoms with Crippen molar-refractivity contribution in [2.45, 2.75) is 45.7 Å². The lowest BCUT2D eigenvalue weighted by Gasteiger charge is -2.27. The van der Waals surface area contributed by atoms with E-state index in [0.717, 1.165) is 37.1 Å². The van der Waals surface area contributed by atoms with Gasteiger partial charge in [0.15, 0.2) is 0 Å². The number of amides is 1. The quantitative estimate of drug-likeness (QED) is 0.805. The molecule has 1 aromatic heterocycles. The molecule has 0 saturated carbocycles. The van der Waals surface area contributed by atoms with E-state index in [1.807, 2.05) is 0 Å². The van der Waals surface area contributed by atoms with Crippen LogP contribution in [-0.2, 0) is 13.0 Å². The predicted octanol–water partition coefficient (Wildman–Crippen LogP) is 2.26. The van der Waals surface area contributed by atoms with Crippen LogP contribution in [0.4, 0.5) is 0 Å². The molecular formula is C19H23N3O2. The molecule has 1 heterocycles. The minimum Gasteiger partial charge on any atom is -0.365 e. The van der Waals surface area contributed by atoms with Crippen molar-refractivity contribution in [3.8, 4) is 0 Å². The number of hydrogen-bond donors (Lipinski definition) is 3. The fourth-order valence-corrected chi connectivity index (χ4v) is 3.41. The number of H-pyrrole nitrogens is 1. The maximum Gasteiger partial charge on any atom is 0.261 e. The number of carbonyl (C=O) groups excluding carboxylic acids is 1. The lowest BCUT2D eigenvalue weighted by atomic mass is 9.90. The molecule has 5 heteroatoms. The minimum atomic E-state index is -0.683. The number of pyridine rings is 1. The van der Waals surface area contributed by atoms with Crippen LogP contribution in [-0.4, -0.2) is 10.9 Å². The van der Waals surface area contributed by atoms with Crippen molar-refractivity contribution in [3.63, 3.8) is 0 Å². The minimum absolute atomic E-state index is 0.0361. The summed E-state index contributed by atoms with van der Waals surface area (Å²) in [4.78, 5) is 26.2. The molecule has 4 N–H and O–H groups in total. The molecule has 0 spiro atoms. The summed E-state index contributed by atoms with van der Waals surface area (Å²) >= 11 is 0. The van der Waals surface area contributed by atoms with Crippen molar-refractivity contribution in [2.24, 2.45) is 5.73 Å². The summed E-state index contributed by atoms with van der Waals surface area (Å²) in [6, 6.07) is 8.21. The highest BCUT2D eigenvalue weighted by Gasteiger charge is 2.23. The maximum absolute atomic E-state index is 11.9. The number of carbonyl (C=O) groups is 1. The Kier molecular flexibility index (Phi) is 4.53. The third-order valence-corrected chi connectivity index (χ3v) is 4.75. The number of aromatic nitrogens is 1. The Morgan fingerprint density at radius 1 is 1.33 bits per heavy atom. The molecular weight excluding hydrogens is 302 g/mol. The lowest BCUT2D eigenvalue weighted by molar-refractivity contribution is 0.0998. The standard InChI is InChI=1S/C19H23N3O2/c1-11-6-7-13(12(2)8-11)10-21-16-4-3-5-17-14(16)9-15(18(20)23)19(24)22-17/h6-9,16,21H,3-5,10H2,1-2H3,(H2,20,23)(H,22,24). The van der Waals surface area contributed by atoms with E-state index in [2.05, 4.69) is 42.3 Å². The number of aryl methyl sites for hydroxylation is 3. The van der Waals surface area contributed by atoms with Gasteiger partial charge < -0.3 is 16.0 Å². The first-order chi connectivity index (χ1) is 11.5. The summed E-state index contributed by atoms with van der Waals surface area (Å²) in [7, 11) is 0. The maximum atomic E-state index is 11.9. The Balaban J connectivity index is 1.85. The Morgan fingerprint density at radius 2 is 2.12 bits per heavy atom. The average molecular weight is 325 g/mol. The van der Waals surface area contributed by atoms with Crippen LogP contribution in [0.15, 0.2) is 29.1 Å². The largest absolute Gasteiger partial charge is 0.365 e. The lowest BCUT2D eigenvalue weighted by Crippen LogP contribution is -2.31. The molecule has 0 fully saturated rings. The Labute approximate surface area is 141 Å². The summed E-state index contributed by atoms with van der Waals surface area (Å²) in [6.07, 6.45) is 2.80. The third-order valence-electron chi connectivity index (χ3n) is 4.75. The molecule has 24 heavy (non-hydrogen) atoms. The summed E-state index contributed by atoms with van der Waals surface area (Å²) in [5, 5.41) is 3.57. The van der Waals surface area contributed by atoms with E-state index in [0.29, 0.717) is 0 Å². The van der Waals surface area contributed by atoms with Crippen LogP contribution in [0, 0.1) is 13.8 Å². The molecule has 1 aromatic carbocycles. The van der Waals surface area contributed by atoms with Gasteiger partial charge in [-0.1, -0.05) is 23.8 Å². The topological polar surface area (TPSA) is 88.0 Å². The molecule has 0 saturated heterocycles. The Morgan fingerprint density at radius 3 is 2.83 bits per heavy atom. The number of aromatic amines is 1. The van der Waals surface area contributed by atoms with Gasteiger partial charge in [0.25, 0.3) is 11.5 Å². The summed E-state index contributed by atoms with van der Waals surface area (Å²) < 4.78 is 0. The summed E-state index contributed by atoms with van der Waals surface area (Å²) in [5.41, 5.74) is 10.6. The van der Waals surface area contributed by atoms with Gasteiger partial charge in [0.05, 0.1) is 0 Å². The van der Waals surface area contributed by atoms with E-state index in [-0.39, 0.29) is 11.6 Å². The molecule has 1 atom stereocenters. The first-order valence-corrected chi connectivity index (χ1v) is 8.31. The SMILES string of the molecule is Cc1ccc(CNC2CCCc3[nH]c(=O)c(C(N)=O)cc32)c(C)c1. The molecule has 1 unspecified atom stereocenters. The normalized spacial score (nSPS) is 16.7. The van der Waals surface area contributed by atoms with Gasteiger partial charge in [0.2, 0.25) is 0 Å². The Hall–Kier alpha value is -2.40. The van der Waals surface area contributed by atoms with Gasteiger partial charge in [-0.25, -0.2) is 0 Å². The fourth-order valence-electron chi connectivity index (χ4n) is 3.41. The molecule has 0 bridgehead atoms. The third kappa shape index (κ3) is 3.26. The summed E-state index contributed by atoms with van der Waals surface area (Å²) in [5.74, 6) is -0.683. The van der Waals surface area contributed by atoms with E-state index < -0.39 is 11.5 Å². The molecule has 3 rings (SSSR count).